The predicted molar refractivity (Wildman–Crippen MR) is 80.7 cm³/mol. The second-order valence-electron chi connectivity index (χ2n) is 4.79. The molecule has 3 heteroatoms. The van der Waals surface area contributed by atoms with Crippen molar-refractivity contribution in [2.45, 2.75) is 19.8 Å². The Balaban J connectivity index is 2.11. The van der Waals surface area contributed by atoms with Gasteiger partial charge in [0.2, 0.25) is 0 Å². The van der Waals surface area contributed by atoms with Gasteiger partial charge in [-0.05, 0) is 41.8 Å². The maximum atomic E-state index is 5.98. The Morgan fingerprint density at radius 1 is 1.11 bits per heavy atom. The van der Waals surface area contributed by atoms with Gasteiger partial charge >= 0.3 is 0 Å². The third-order valence-corrected chi connectivity index (χ3v) is 4.41. The molecular weight excluding hydrogens is 262 g/mol. The molecule has 2 aromatic heterocycles. The number of aromatic amines is 1. The first-order valence-electron chi connectivity index (χ1n) is 6.02. The average molecular weight is 276 g/mol. The molecule has 92 valence electrons. The van der Waals surface area contributed by atoms with Crippen LogP contribution in [0.3, 0.4) is 0 Å². The molecule has 18 heavy (non-hydrogen) atoms. The number of benzene rings is 1. The maximum absolute atomic E-state index is 5.98. The summed E-state index contributed by atoms with van der Waals surface area (Å²) in [6, 6.07) is 12.8. The lowest BCUT2D eigenvalue weighted by Crippen LogP contribution is -1.85. The zero-order valence-electron chi connectivity index (χ0n) is 10.3. The van der Waals surface area contributed by atoms with Gasteiger partial charge in [-0.2, -0.15) is 0 Å². The molecule has 0 saturated carbocycles. The van der Waals surface area contributed by atoms with Crippen LogP contribution in [-0.2, 0) is 0 Å². The standard InChI is InChI=1S/C15H14ClNS/c1-9(2)10-3-4-12-11(7-10)8-13(17-12)14-5-6-15(16)18-14/h3-9,17H,1-2H3. The van der Waals surface area contributed by atoms with Crippen molar-refractivity contribution in [3.05, 3.63) is 46.3 Å². The van der Waals surface area contributed by atoms with E-state index in [0.717, 1.165) is 10.0 Å². The topological polar surface area (TPSA) is 15.8 Å². The number of nitrogens with one attached hydrogen (secondary N) is 1. The molecule has 1 aromatic carbocycles. The summed E-state index contributed by atoms with van der Waals surface area (Å²) in [5, 5.41) is 1.26. The predicted octanol–water partition coefficient (Wildman–Crippen LogP) is 5.67. The van der Waals surface area contributed by atoms with Crippen molar-refractivity contribution in [3.8, 4) is 10.6 Å². The van der Waals surface area contributed by atoms with E-state index in [1.54, 1.807) is 11.3 Å². The highest BCUT2D eigenvalue weighted by molar-refractivity contribution is 7.19. The van der Waals surface area contributed by atoms with Crippen LogP contribution in [0.15, 0.2) is 36.4 Å². The molecule has 0 radical (unpaired) electrons. The Hall–Kier alpha value is -1.25. The highest BCUT2D eigenvalue weighted by atomic mass is 35.5. The number of rotatable bonds is 2. The number of fused-ring (bicyclic) bond motifs is 1. The van der Waals surface area contributed by atoms with Crippen molar-refractivity contribution in [3.63, 3.8) is 0 Å². The summed E-state index contributed by atoms with van der Waals surface area (Å²) in [5.41, 5.74) is 3.69. The minimum atomic E-state index is 0.559. The highest BCUT2D eigenvalue weighted by Gasteiger charge is 2.07. The second kappa shape index (κ2) is 4.45. The summed E-state index contributed by atoms with van der Waals surface area (Å²) in [5.74, 6) is 0.559. The maximum Gasteiger partial charge on any atom is 0.0935 e. The number of hydrogen-bond acceptors (Lipinski definition) is 1. The van der Waals surface area contributed by atoms with E-state index in [4.69, 9.17) is 11.6 Å². The summed E-state index contributed by atoms with van der Waals surface area (Å²) in [6.07, 6.45) is 0. The van der Waals surface area contributed by atoms with Crippen LogP contribution in [0.5, 0.6) is 0 Å². The van der Waals surface area contributed by atoms with Gasteiger partial charge in [-0.1, -0.05) is 31.5 Å². The van der Waals surface area contributed by atoms with Gasteiger partial charge in [0.05, 0.1) is 14.9 Å². The van der Waals surface area contributed by atoms with Gasteiger partial charge in [-0.3, -0.25) is 0 Å². The first-order chi connectivity index (χ1) is 8.63. The lowest BCUT2D eigenvalue weighted by Gasteiger charge is -2.03. The molecule has 0 saturated heterocycles. The Labute approximate surface area is 115 Å². The van der Waals surface area contributed by atoms with E-state index >= 15 is 0 Å². The van der Waals surface area contributed by atoms with Crippen LogP contribution in [0.2, 0.25) is 4.34 Å². The van der Waals surface area contributed by atoms with E-state index in [2.05, 4.69) is 49.2 Å². The molecule has 0 aliphatic carbocycles. The van der Waals surface area contributed by atoms with Crippen molar-refractivity contribution in [1.29, 1.82) is 0 Å². The summed E-state index contributed by atoms with van der Waals surface area (Å²) in [4.78, 5) is 4.63. The smallest absolute Gasteiger partial charge is 0.0935 e. The van der Waals surface area contributed by atoms with Crippen LogP contribution in [0.4, 0.5) is 0 Å². The SMILES string of the molecule is CC(C)c1ccc2[nH]c(-c3ccc(Cl)s3)cc2c1. The summed E-state index contributed by atoms with van der Waals surface area (Å²) in [7, 11) is 0. The van der Waals surface area contributed by atoms with Gasteiger partial charge in [0.25, 0.3) is 0 Å². The largest absolute Gasteiger partial charge is 0.354 e. The van der Waals surface area contributed by atoms with Crippen LogP contribution in [0, 0.1) is 0 Å². The molecule has 0 amide bonds. The Kier molecular flexibility index (Phi) is 2.92. The lowest BCUT2D eigenvalue weighted by atomic mass is 10.0. The summed E-state index contributed by atoms with van der Waals surface area (Å²) >= 11 is 7.58. The van der Waals surface area contributed by atoms with Crippen molar-refractivity contribution >= 4 is 33.8 Å². The number of hydrogen-bond donors (Lipinski definition) is 1. The zero-order valence-corrected chi connectivity index (χ0v) is 11.9. The molecular formula is C15H14ClNS. The van der Waals surface area contributed by atoms with Crippen LogP contribution in [-0.4, -0.2) is 4.98 Å². The third-order valence-electron chi connectivity index (χ3n) is 3.15. The summed E-state index contributed by atoms with van der Waals surface area (Å²) < 4.78 is 0.825. The molecule has 0 unspecified atom stereocenters. The quantitative estimate of drug-likeness (QED) is 0.620. The van der Waals surface area contributed by atoms with E-state index < -0.39 is 0 Å². The first-order valence-corrected chi connectivity index (χ1v) is 7.21. The molecule has 3 aromatic rings. The highest BCUT2D eigenvalue weighted by Crippen LogP contribution is 2.33. The van der Waals surface area contributed by atoms with E-state index in [-0.39, 0.29) is 0 Å². The number of aromatic nitrogens is 1. The number of halogens is 1. The molecule has 0 aliphatic rings. The fourth-order valence-electron chi connectivity index (χ4n) is 2.10. The Morgan fingerprint density at radius 3 is 2.61 bits per heavy atom. The number of H-pyrrole nitrogens is 1. The molecule has 1 N–H and O–H groups in total. The number of thiophene rings is 1. The zero-order chi connectivity index (χ0) is 12.7. The van der Waals surface area contributed by atoms with Gasteiger partial charge in [0.1, 0.15) is 0 Å². The molecule has 0 spiro atoms. The minimum absolute atomic E-state index is 0.559. The van der Waals surface area contributed by atoms with Crippen molar-refractivity contribution in [2.24, 2.45) is 0 Å². The van der Waals surface area contributed by atoms with Crippen LogP contribution < -0.4 is 0 Å². The molecule has 2 heterocycles. The van der Waals surface area contributed by atoms with Gasteiger partial charge in [0, 0.05) is 10.9 Å². The van der Waals surface area contributed by atoms with Crippen LogP contribution in [0.1, 0.15) is 25.3 Å². The molecule has 0 bridgehead atoms. The Bertz CT molecular complexity index is 693. The van der Waals surface area contributed by atoms with Crippen molar-refractivity contribution < 1.29 is 0 Å². The van der Waals surface area contributed by atoms with E-state index in [1.165, 1.54) is 21.3 Å². The molecule has 3 rings (SSSR count). The van der Waals surface area contributed by atoms with E-state index in [0.29, 0.717) is 5.92 Å². The first kappa shape index (κ1) is 11.8. The van der Waals surface area contributed by atoms with Gasteiger partial charge in [-0.25, -0.2) is 0 Å². The van der Waals surface area contributed by atoms with Crippen LogP contribution in [0.25, 0.3) is 21.5 Å². The van der Waals surface area contributed by atoms with E-state index in [1.807, 2.05) is 6.07 Å². The monoisotopic (exact) mass is 275 g/mol. The van der Waals surface area contributed by atoms with Gasteiger partial charge < -0.3 is 4.98 Å². The summed E-state index contributed by atoms with van der Waals surface area (Å²) in [6.45, 7) is 4.43. The fourth-order valence-corrected chi connectivity index (χ4v) is 3.12. The fraction of sp³-hybridized carbons (Fsp3) is 0.200. The third kappa shape index (κ3) is 2.06. The normalized spacial score (nSPS) is 11.6. The van der Waals surface area contributed by atoms with Crippen LogP contribution >= 0.6 is 22.9 Å². The Morgan fingerprint density at radius 2 is 1.94 bits per heavy atom. The average Bonchev–Trinajstić information content (AvgIpc) is 2.93. The minimum Gasteiger partial charge on any atom is -0.354 e. The molecule has 0 aliphatic heterocycles. The molecule has 0 fully saturated rings. The molecule has 1 nitrogen and oxygen atoms in total. The van der Waals surface area contributed by atoms with Gasteiger partial charge in [0.15, 0.2) is 0 Å². The van der Waals surface area contributed by atoms with Gasteiger partial charge in [-0.15, -0.1) is 11.3 Å². The molecule has 0 atom stereocenters. The van der Waals surface area contributed by atoms with Crippen molar-refractivity contribution in [2.75, 3.05) is 0 Å². The second-order valence-corrected chi connectivity index (χ2v) is 6.50. The van der Waals surface area contributed by atoms with Crippen molar-refractivity contribution in [1.82, 2.24) is 4.98 Å². The lowest BCUT2D eigenvalue weighted by molar-refractivity contribution is 0.869. The van der Waals surface area contributed by atoms with E-state index in [9.17, 15) is 0 Å².